The molecule has 0 amide bonds. The van der Waals surface area contributed by atoms with Gasteiger partial charge in [-0.05, 0) is 37.9 Å². The van der Waals surface area contributed by atoms with Crippen LogP contribution in [0.25, 0.3) is 0 Å². The zero-order chi connectivity index (χ0) is 12.7. The molecule has 2 aliphatic heterocycles. The standard InChI is InChI=1S/C11H17ClN6/c1-7-5-17-4-2-3-8(17)6-18(7)11-15-9(12)14-10(13)16-11/h7-8H,2-6H2,1H3,(H2,13,14,15,16). The molecule has 2 aliphatic rings. The summed E-state index contributed by atoms with van der Waals surface area (Å²) in [7, 11) is 0. The molecule has 2 saturated heterocycles. The molecule has 1 aromatic heterocycles. The quantitative estimate of drug-likeness (QED) is 0.812. The van der Waals surface area contributed by atoms with E-state index in [1.54, 1.807) is 0 Å². The first-order valence-corrected chi connectivity index (χ1v) is 6.69. The zero-order valence-electron chi connectivity index (χ0n) is 10.4. The number of piperazine rings is 1. The molecular weight excluding hydrogens is 252 g/mol. The third-order valence-corrected chi connectivity index (χ3v) is 3.98. The maximum Gasteiger partial charge on any atom is 0.231 e. The molecule has 0 bridgehead atoms. The van der Waals surface area contributed by atoms with Crippen LogP contribution in [0.15, 0.2) is 0 Å². The van der Waals surface area contributed by atoms with Crippen molar-refractivity contribution < 1.29 is 0 Å². The van der Waals surface area contributed by atoms with Crippen LogP contribution in [0.2, 0.25) is 5.28 Å². The van der Waals surface area contributed by atoms with E-state index in [2.05, 4.69) is 31.7 Å². The Morgan fingerprint density at radius 2 is 2.11 bits per heavy atom. The van der Waals surface area contributed by atoms with Crippen LogP contribution in [-0.2, 0) is 0 Å². The van der Waals surface area contributed by atoms with Crippen molar-refractivity contribution in [2.24, 2.45) is 0 Å². The summed E-state index contributed by atoms with van der Waals surface area (Å²) in [6, 6.07) is 0.982. The SMILES string of the molecule is CC1CN2CCCC2CN1c1nc(N)nc(Cl)n1. The summed E-state index contributed by atoms with van der Waals surface area (Å²) in [5.74, 6) is 0.789. The fraction of sp³-hybridized carbons (Fsp3) is 0.727. The van der Waals surface area contributed by atoms with Crippen LogP contribution in [0, 0.1) is 0 Å². The highest BCUT2D eigenvalue weighted by atomic mass is 35.5. The average Bonchev–Trinajstić information content (AvgIpc) is 2.73. The molecule has 2 N–H and O–H groups in total. The van der Waals surface area contributed by atoms with Gasteiger partial charge in [-0.2, -0.15) is 15.0 Å². The molecule has 0 radical (unpaired) electrons. The summed E-state index contributed by atoms with van der Waals surface area (Å²) in [6.07, 6.45) is 2.53. The van der Waals surface area contributed by atoms with Gasteiger partial charge < -0.3 is 10.6 Å². The first-order chi connectivity index (χ1) is 8.63. The van der Waals surface area contributed by atoms with Crippen LogP contribution in [0.4, 0.5) is 11.9 Å². The minimum atomic E-state index is 0.165. The second-order valence-electron chi connectivity index (χ2n) is 5.06. The van der Waals surface area contributed by atoms with Gasteiger partial charge in [-0.25, -0.2) is 0 Å². The average molecular weight is 269 g/mol. The van der Waals surface area contributed by atoms with E-state index in [0.29, 0.717) is 18.0 Å². The summed E-state index contributed by atoms with van der Waals surface area (Å²) < 4.78 is 0. The van der Waals surface area contributed by atoms with Crippen molar-refractivity contribution in [2.75, 3.05) is 30.3 Å². The van der Waals surface area contributed by atoms with E-state index in [1.165, 1.54) is 19.4 Å². The first kappa shape index (κ1) is 11.9. The second kappa shape index (κ2) is 4.51. The fourth-order valence-corrected chi connectivity index (χ4v) is 3.11. The molecule has 0 aliphatic carbocycles. The number of anilines is 2. The van der Waals surface area contributed by atoms with Gasteiger partial charge in [-0.3, -0.25) is 4.90 Å². The van der Waals surface area contributed by atoms with Crippen molar-refractivity contribution in [3.8, 4) is 0 Å². The van der Waals surface area contributed by atoms with Crippen molar-refractivity contribution in [2.45, 2.75) is 31.8 Å². The van der Waals surface area contributed by atoms with Crippen molar-refractivity contribution in [3.63, 3.8) is 0 Å². The molecular formula is C11H17ClN6. The molecule has 98 valence electrons. The summed E-state index contributed by atoms with van der Waals surface area (Å²) >= 11 is 5.85. The highest BCUT2D eigenvalue weighted by Crippen LogP contribution is 2.27. The number of rotatable bonds is 1. The van der Waals surface area contributed by atoms with E-state index in [-0.39, 0.29) is 11.2 Å². The van der Waals surface area contributed by atoms with Crippen LogP contribution < -0.4 is 10.6 Å². The first-order valence-electron chi connectivity index (χ1n) is 6.31. The third kappa shape index (κ3) is 2.10. The Kier molecular flexibility index (Phi) is 2.99. The predicted octanol–water partition coefficient (Wildman–Crippen LogP) is 0.780. The summed E-state index contributed by atoms with van der Waals surface area (Å²) in [4.78, 5) is 16.9. The van der Waals surface area contributed by atoms with E-state index in [1.807, 2.05) is 0 Å². The molecule has 0 saturated carbocycles. The van der Waals surface area contributed by atoms with E-state index < -0.39 is 0 Å². The summed E-state index contributed by atoms with van der Waals surface area (Å²) in [6.45, 7) is 5.39. The van der Waals surface area contributed by atoms with E-state index in [0.717, 1.165) is 13.1 Å². The highest BCUT2D eigenvalue weighted by Gasteiger charge is 2.35. The molecule has 2 unspecified atom stereocenters. The molecule has 3 rings (SSSR count). The smallest absolute Gasteiger partial charge is 0.231 e. The fourth-order valence-electron chi connectivity index (χ4n) is 2.95. The van der Waals surface area contributed by atoms with Crippen molar-refractivity contribution in [1.29, 1.82) is 0 Å². The molecule has 3 heterocycles. The van der Waals surface area contributed by atoms with Gasteiger partial charge in [0.1, 0.15) is 0 Å². The lowest BCUT2D eigenvalue weighted by molar-refractivity contribution is 0.201. The maximum atomic E-state index is 5.85. The zero-order valence-corrected chi connectivity index (χ0v) is 11.1. The highest BCUT2D eigenvalue weighted by molar-refractivity contribution is 6.28. The Bertz CT molecular complexity index is 433. The number of fused-ring (bicyclic) bond motifs is 1. The van der Waals surface area contributed by atoms with Crippen molar-refractivity contribution in [3.05, 3.63) is 5.28 Å². The third-order valence-electron chi connectivity index (χ3n) is 3.81. The maximum absolute atomic E-state index is 5.85. The van der Waals surface area contributed by atoms with Gasteiger partial charge in [0.25, 0.3) is 0 Å². The van der Waals surface area contributed by atoms with Gasteiger partial charge >= 0.3 is 0 Å². The van der Waals surface area contributed by atoms with Crippen molar-refractivity contribution in [1.82, 2.24) is 19.9 Å². The van der Waals surface area contributed by atoms with Crippen LogP contribution >= 0.6 is 11.6 Å². The van der Waals surface area contributed by atoms with Gasteiger partial charge in [0.2, 0.25) is 17.2 Å². The Labute approximate surface area is 111 Å². The molecule has 6 nitrogen and oxygen atoms in total. The van der Waals surface area contributed by atoms with Crippen LogP contribution in [0.5, 0.6) is 0 Å². The lowest BCUT2D eigenvalue weighted by atomic mass is 10.1. The van der Waals surface area contributed by atoms with Gasteiger partial charge in [-0.1, -0.05) is 0 Å². The van der Waals surface area contributed by atoms with Gasteiger partial charge in [0.15, 0.2) is 0 Å². The molecule has 2 fully saturated rings. The Morgan fingerprint density at radius 1 is 1.28 bits per heavy atom. The monoisotopic (exact) mass is 268 g/mol. The lowest BCUT2D eigenvalue weighted by Gasteiger charge is -2.42. The van der Waals surface area contributed by atoms with Gasteiger partial charge in [0, 0.05) is 25.2 Å². The van der Waals surface area contributed by atoms with E-state index in [4.69, 9.17) is 17.3 Å². The number of hydrogen-bond donors (Lipinski definition) is 1. The largest absolute Gasteiger partial charge is 0.368 e. The second-order valence-corrected chi connectivity index (χ2v) is 5.39. The minimum absolute atomic E-state index is 0.165. The predicted molar refractivity (Wildman–Crippen MR) is 70.7 cm³/mol. The Morgan fingerprint density at radius 3 is 2.89 bits per heavy atom. The molecule has 2 atom stereocenters. The molecule has 7 heteroatoms. The normalized spacial score (nSPS) is 28.4. The number of nitrogens with two attached hydrogens (primary N) is 1. The van der Waals surface area contributed by atoms with Crippen molar-refractivity contribution >= 4 is 23.5 Å². The summed E-state index contributed by atoms with van der Waals surface area (Å²) in [5, 5.41) is 0.165. The van der Waals surface area contributed by atoms with E-state index >= 15 is 0 Å². The number of hydrogen-bond acceptors (Lipinski definition) is 6. The van der Waals surface area contributed by atoms with Crippen LogP contribution in [-0.4, -0.2) is 51.6 Å². The summed E-state index contributed by atoms with van der Waals surface area (Å²) in [5.41, 5.74) is 5.63. The lowest BCUT2D eigenvalue weighted by Crippen LogP contribution is -2.55. The molecule has 0 spiro atoms. The number of halogens is 1. The number of nitrogen functional groups attached to an aromatic ring is 1. The Hall–Kier alpha value is -1.14. The Balaban J connectivity index is 1.86. The molecule has 18 heavy (non-hydrogen) atoms. The van der Waals surface area contributed by atoms with Gasteiger partial charge in [0.05, 0.1) is 0 Å². The molecule has 1 aromatic rings. The number of aromatic nitrogens is 3. The van der Waals surface area contributed by atoms with Crippen LogP contribution in [0.1, 0.15) is 19.8 Å². The van der Waals surface area contributed by atoms with Gasteiger partial charge in [-0.15, -0.1) is 0 Å². The van der Waals surface area contributed by atoms with Crippen LogP contribution in [0.3, 0.4) is 0 Å². The molecule has 0 aromatic carbocycles. The minimum Gasteiger partial charge on any atom is -0.368 e. The van der Waals surface area contributed by atoms with E-state index in [9.17, 15) is 0 Å². The topological polar surface area (TPSA) is 71.2 Å². The number of nitrogens with zero attached hydrogens (tertiary/aromatic N) is 5.